The van der Waals surface area contributed by atoms with Crippen LogP contribution in [0.2, 0.25) is 5.02 Å². The lowest BCUT2D eigenvalue weighted by Crippen LogP contribution is -2.22. The molecule has 1 heterocycles. The van der Waals surface area contributed by atoms with Crippen LogP contribution in [0.5, 0.6) is 0 Å². The van der Waals surface area contributed by atoms with Crippen LogP contribution in [-0.2, 0) is 30.7 Å². The number of sulfonamides is 1. The molecule has 0 aliphatic heterocycles. The van der Waals surface area contributed by atoms with Gasteiger partial charge in [-0.25, -0.2) is 23.1 Å². The summed E-state index contributed by atoms with van der Waals surface area (Å²) in [6.45, 7) is 5.21. The van der Waals surface area contributed by atoms with Crippen molar-refractivity contribution in [2.75, 3.05) is 18.5 Å². The number of ether oxygens (including phenoxy) is 2. The molecule has 0 fully saturated rings. The molecule has 0 bridgehead atoms. The summed E-state index contributed by atoms with van der Waals surface area (Å²) in [7, 11) is -4.15. The molecule has 0 saturated carbocycles. The van der Waals surface area contributed by atoms with E-state index in [0.717, 1.165) is 11.6 Å². The van der Waals surface area contributed by atoms with Gasteiger partial charge in [0.2, 0.25) is 10.0 Å². The first kappa shape index (κ1) is 25.8. The fourth-order valence-corrected chi connectivity index (χ4v) is 4.78. The van der Waals surface area contributed by atoms with E-state index in [-0.39, 0.29) is 28.7 Å². The molecular weight excluding hydrogens is 480 g/mol. The third-order valence-electron chi connectivity index (χ3n) is 4.04. The van der Waals surface area contributed by atoms with Crippen LogP contribution in [0.25, 0.3) is 0 Å². The molecule has 2 rings (SSSR count). The number of carbonyl (C=O) groups is 3. The van der Waals surface area contributed by atoms with Gasteiger partial charge in [-0.05, 0) is 48.4 Å². The number of primary sulfonamides is 1. The minimum atomic E-state index is -4.15. The summed E-state index contributed by atoms with van der Waals surface area (Å²) in [5.41, 5.74) is 0.891. The summed E-state index contributed by atoms with van der Waals surface area (Å²) in [4.78, 5) is 36.5. The van der Waals surface area contributed by atoms with Crippen LogP contribution >= 0.6 is 22.9 Å². The molecule has 0 unspecified atom stereocenters. The van der Waals surface area contributed by atoms with Crippen LogP contribution < -0.4 is 10.5 Å². The van der Waals surface area contributed by atoms with Gasteiger partial charge in [0.05, 0.1) is 22.8 Å². The van der Waals surface area contributed by atoms with Gasteiger partial charge in [-0.15, -0.1) is 11.3 Å². The zero-order valence-electron chi connectivity index (χ0n) is 17.6. The van der Waals surface area contributed by atoms with Crippen molar-refractivity contribution in [2.24, 2.45) is 11.1 Å². The van der Waals surface area contributed by atoms with Gasteiger partial charge in [0, 0.05) is 0 Å². The van der Waals surface area contributed by atoms with E-state index in [9.17, 15) is 22.8 Å². The Bertz CT molecular complexity index is 1130. The molecule has 0 atom stereocenters. The molecule has 0 spiro atoms. The van der Waals surface area contributed by atoms with E-state index in [1.165, 1.54) is 23.5 Å². The second-order valence-corrected chi connectivity index (χ2v) is 9.91. The van der Waals surface area contributed by atoms with Crippen LogP contribution in [0, 0.1) is 5.92 Å². The lowest BCUT2D eigenvalue weighted by atomic mass is 10.0. The number of rotatable bonds is 9. The third-order valence-corrected chi connectivity index (χ3v) is 6.37. The number of anilines is 1. The minimum Gasteiger partial charge on any atom is -0.462 e. The van der Waals surface area contributed by atoms with E-state index in [0.29, 0.717) is 11.4 Å². The molecule has 32 heavy (non-hydrogen) atoms. The smallest absolute Gasteiger partial charge is 0.341 e. The first-order valence-electron chi connectivity index (χ1n) is 9.50. The van der Waals surface area contributed by atoms with Crippen molar-refractivity contribution < 1.29 is 32.3 Å². The van der Waals surface area contributed by atoms with E-state index in [4.69, 9.17) is 26.2 Å². The Balaban J connectivity index is 2.11. The highest BCUT2D eigenvalue weighted by Gasteiger charge is 2.23. The van der Waals surface area contributed by atoms with Gasteiger partial charge in [-0.3, -0.25) is 4.79 Å². The molecule has 1 aromatic heterocycles. The Labute approximate surface area is 194 Å². The van der Waals surface area contributed by atoms with E-state index < -0.39 is 39.4 Å². The van der Waals surface area contributed by atoms with E-state index in [1.54, 1.807) is 12.3 Å². The first-order chi connectivity index (χ1) is 14.9. The second kappa shape index (κ2) is 10.9. The Morgan fingerprint density at radius 3 is 2.47 bits per heavy atom. The van der Waals surface area contributed by atoms with E-state index in [1.807, 2.05) is 13.8 Å². The number of hydrogen-bond acceptors (Lipinski definition) is 8. The Morgan fingerprint density at radius 1 is 1.19 bits per heavy atom. The van der Waals surface area contributed by atoms with Crippen LogP contribution in [0.4, 0.5) is 5.00 Å². The maximum atomic E-state index is 12.4. The monoisotopic (exact) mass is 502 g/mol. The van der Waals surface area contributed by atoms with Gasteiger partial charge in [0.25, 0.3) is 5.91 Å². The minimum absolute atomic E-state index is 0.145. The maximum absolute atomic E-state index is 12.4. The molecule has 174 valence electrons. The topological polar surface area (TPSA) is 142 Å². The van der Waals surface area contributed by atoms with Crippen molar-refractivity contribution in [3.63, 3.8) is 0 Å². The van der Waals surface area contributed by atoms with Crippen molar-refractivity contribution in [1.82, 2.24) is 0 Å². The largest absolute Gasteiger partial charge is 0.462 e. The van der Waals surface area contributed by atoms with Gasteiger partial charge >= 0.3 is 11.9 Å². The highest BCUT2D eigenvalue weighted by Crippen LogP contribution is 2.31. The van der Waals surface area contributed by atoms with Gasteiger partial charge in [0.15, 0.2) is 6.61 Å². The SMILES string of the molecule is CCOC(=O)c1c(CC(C)C)csc1NC(=O)COC(=O)c1ccc(Cl)c(S(N)(=O)=O)c1. The normalized spacial score (nSPS) is 11.3. The number of nitrogens with two attached hydrogens (primary N) is 1. The summed E-state index contributed by atoms with van der Waals surface area (Å²) >= 11 is 6.96. The van der Waals surface area contributed by atoms with Gasteiger partial charge in [-0.1, -0.05) is 25.4 Å². The summed E-state index contributed by atoms with van der Waals surface area (Å²) < 4.78 is 33.1. The highest BCUT2D eigenvalue weighted by atomic mass is 35.5. The average Bonchev–Trinajstić information content (AvgIpc) is 3.07. The summed E-state index contributed by atoms with van der Waals surface area (Å²) in [5, 5.41) is 9.54. The standard InChI is InChI=1S/C20H23ClN2O7S2/c1-4-29-20(26)17-13(7-11(2)3)10-31-18(17)23-16(24)9-30-19(25)12-5-6-14(21)15(8-12)32(22,27)28/h5-6,8,10-11H,4,7,9H2,1-3H3,(H,23,24)(H2,22,27,28). The van der Waals surface area contributed by atoms with E-state index >= 15 is 0 Å². The lowest BCUT2D eigenvalue weighted by molar-refractivity contribution is -0.119. The van der Waals surface area contributed by atoms with Crippen molar-refractivity contribution in [3.05, 3.63) is 45.3 Å². The molecule has 0 aliphatic carbocycles. The number of carbonyl (C=O) groups excluding carboxylic acids is 3. The first-order valence-corrected chi connectivity index (χ1v) is 12.3. The van der Waals surface area contributed by atoms with Crippen LogP contribution in [0.3, 0.4) is 0 Å². The number of hydrogen-bond donors (Lipinski definition) is 2. The molecule has 12 heteroatoms. The van der Waals surface area contributed by atoms with Gasteiger partial charge in [0.1, 0.15) is 9.90 Å². The summed E-state index contributed by atoms with van der Waals surface area (Å²) in [5.74, 6) is -1.89. The summed E-state index contributed by atoms with van der Waals surface area (Å²) in [6.07, 6.45) is 0.623. The second-order valence-electron chi connectivity index (χ2n) is 7.10. The predicted octanol–water partition coefficient (Wildman–Crippen LogP) is 3.22. The Hall–Kier alpha value is -2.47. The summed E-state index contributed by atoms with van der Waals surface area (Å²) in [6, 6.07) is 3.40. The number of thiophene rings is 1. The molecule has 9 nitrogen and oxygen atoms in total. The highest BCUT2D eigenvalue weighted by molar-refractivity contribution is 7.89. The number of esters is 2. The number of benzene rings is 1. The van der Waals surface area contributed by atoms with Crippen LogP contribution in [0.15, 0.2) is 28.5 Å². The molecule has 2 aromatic rings. The quantitative estimate of drug-likeness (QED) is 0.501. The number of amides is 1. The van der Waals surface area contributed by atoms with Crippen molar-refractivity contribution in [2.45, 2.75) is 32.1 Å². The predicted molar refractivity (Wildman–Crippen MR) is 121 cm³/mol. The molecular formula is C20H23ClN2O7S2. The van der Waals surface area contributed by atoms with Crippen molar-refractivity contribution in [3.8, 4) is 0 Å². The molecule has 0 aliphatic rings. The zero-order valence-corrected chi connectivity index (χ0v) is 20.0. The van der Waals surface area contributed by atoms with Crippen molar-refractivity contribution in [1.29, 1.82) is 0 Å². The Morgan fingerprint density at radius 2 is 1.88 bits per heavy atom. The zero-order chi connectivity index (χ0) is 24.1. The fraction of sp³-hybridized carbons (Fsp3) is 0.350. The number of nitrogens with one attached hydrogen (secondary N) is 1. The third kappa shape index (κ3) is 6.76. The fourth-order valence-electron chi connectivity index (χ4n) is 2.73. The molecule has 1 amide bonds. The number of halogens is 1. The van der Waals surface area contributed by atoms with Crippen LogP contribution in [-0.4, -0.2) is 39.5 Å². The van der Waals surface area contributed by atoms with Crippen LogP contribution in [0.1, 0.15) is 47.1 Å². The molecule has 3 N–H and O–H groups in total. The maximum Gasteiger partial charge on any atom is 0.341 e. The van der Waals surface area contributed by atoms with E-state index in [2.05, 4.69) is 5.32 Å². The Kier molecular flexibility index (Phi) is 8.79. The molecule has 0 saturated heterocycles. The average molecular weight is 503 g/mol. The van der Waals surface area contributed by atoms with Gasteiger partial charge in [-0.2, -0.15) is 0 Å². The van der Waals surface area contributed by atoms with Crippen molar-refractivity contribution >= 4 is 55.8 Å². The molecule has 0 radical (unpaired) electrons. The molecule has 1 aromatic carbocycles. The lowest BCUT2D eigenvalue weighted by Gasteiger charge is -2.10. The van der Waals surface area contributed by atoms with Gasteiger partial charge < -0.3 is 14.8 Å².